The molecule has 1 unspecified atom stereocenters. The number of sulfonamides is 2. The third-order valence-electron chi connectivity index (χ3n) is 5.17. The van der Waals surface area contributed by atoms with Gasteiger partial charge in [-0.3, -0.25) is 4.79 Å². The van der Waals surface area contributed by atoms with E-state index in [0.717, 1.165) is 19.3 Å². The number of carbonyl (C=O) groups excluding carboxylic acids is 1. The summed E-state index contributed by atoms with van der Waals surface area (Å²) in [6, 6.07) is 11.3. The van der Waals surface area contributed by atoms with Crippen molar-refractivity contribution in [3.05, 3.63) is 54.1 Å². The number of aryl methyl sites for hydroxylation is 1. The van der Waals surface area contributed by atoms with E-state index in [-0.39, 0.29) is 15.5 Å². The Morgan fingerprint density at radius 2 is 1.61 bits per heavy atom. The van der Waals surface area contributed by atoms with Crippen LogP contribution in [0.15, 0.2) is 58.3 Å². The van der Waals surface area contributed by atoms with Gasteiger partial charge in [-0.1, -0.05) is 30.7 Å². The first-order chi connectivity index (χ1) is 14.6. The minimum atomic E-state index is -3.86. The van der Waals surface area contributed by atoms with Crippen LogP contribution in [0.1, 0.15) is 31.7 Å². The maximum atomic E-state index is 13.0. The average Bonchev–Trinajstić information content (AvgIpc) is 2.76. The van der Waals surface area contributed by atoms with E-state index in [1.807, 2.05) is 0 Å². The van der Waals surface area contributed by atoms with E-state index in [9.17, 15) is 21.6 Å². The lowest BCUT2D eigenvalue weighted by Gasteiger charge is -2.26. The first-order valence-corrected chi connectivity index (χ1v) is 13.0. The largest absolute Gasteiger partial charge is 0.325 e. The second kappa shape index (κ2) is 9.47. The molecule has 8 nitrogen and oxygen atoms in total. The van der Waals surface area contributed by atoms with Crippen molar-refractivity contribution in [2.45, 2.75) is 48.9 Å². The second-order valence-corrected chi connectivity index (χ2v) is 11.2. The van der Waals surface area contributed by atoms with E-state index in [1.54, 1.807) is 37.3 Å². The second-order valence-electron chi connectivity index (χ2n) is 7.59. The summed E-state index contributed by atoms with van der Waals surface area (Å²) in [6.45, 7) is 4.10. The fraction of sp³-hybridized carbons (Fsp3) is 0.381. The Kier molecular flexibility index (Phi) is 7.15. The Hall–Kier alpha value is -2.27. The van der Waals surface area contributed by atoms with Gasteiger partial charge in [0.05, 0.1) is 15.8 Å². The molecule has 1 aliphatic rings. The van der Waals surface area contributed by atoms with Crippen LogP contribution in [-0.4, -0.2) is 46.2 Å². The molecule has 31 heavy (non-hydrogen) atoms. The number of rotatable bonds is 7. The Bertz CT molecular complexity index is 1140. The predicted molar refractivity (Wildman–Crippen MR) is 119 cm³/mol. The summed E-state index contributed by atoms with van der Waals surface area (Å²) in [5.41, 5.74) is 0.873. The van der Waals surface area contributed by atoms with Crippen LogP contribution >= 0.6 is 0 Å². The zero-order chi connectivity index (χ0) is 22.6. The summed E-state index contributed by atoms with van der Waals surface area (Å²) in [4.78, 5) is 12.8. The molecule has 0 aromatic heterocycles. The van der Waals surface area contributed by atoms with E-state index >= 15 is 0 Å². The van der Waals surface area contributed by atoms with Crippen LogP contribution in [0.3, 0.4) is 0 Å². The van der Waals surface area contributed by atoms with E-state index in [2.05, 4.69) is 10.0 Å². The van der Waals surface area contributed by atoms with Crippen molar-refractivity contribution >= 4 is 31.6 Å². The van der Waals surface area contributed by atoms with Crippen molar-refractivity contribution in [3.63, 3.8) is 0 Å². The molecule has 168 valence electrons. The monoisotopic (exact) mass is 465 g/mol. The van der Waals surface area contributed by atoms with Gasteiger partial charge in [-0.15, -0.1) is 0 Å². The topological polar surface area (TPSA) is 113 Å². The van der Waals surface area contributed by atoms with Gasteiger partial charge in [-0.2, -0.15) is 9.03 Å². The fourth-order valence-corrected chi connectivity index (χ4v) is 6.40. The van der Waals surface area contributed by atoms with E-state index in [4.69, 9.17) is 0 Å². The third kappa shape index (κ3) is 5.51. The van der Waals surface area contributed by atoms with Gasteiger partial charge in [0.2, 0.25) is 26.0 Å². The molecule has 0 radical (unpaired) electrons. The maximum Gasteiger partial charge on any atom is 0.243 e. The molecular formula is C21H27N3O5S2. The summed E-state index contributed by atoms with van der Waals surface area (Å²) in [5.74, 6) is -0.593. The SMILES string of the molecule is Cc1ccc(NC(=O)C(C)NS(=O)(=O)c2ccccc2)cc1S(=O)(=O)N1CCCCC1. The fourth-order valence-electron chi connectivity index (χ4n) is 3.40. The molecule has 3 rings (SSSR count). The Morgan fingerprint density at radius 1 is 0.968 bits per heavy atom. The van der Waals surface area contributed by atoms with Crippen molar-refractivity contribution in [1.29, 1.82) is 0 Å². The van der Waals surface area contributed by atoms with Gasteiger partial charge in [0.15, 0.2) is 0 Å². The van der Waals surface area contributed by atoms with Gasteiger partial charge in [0, 0.05) is 18.8 Å². The summed E-state index contributed by atoms with van der Waals surface area (Å²) in [5, 5.41) is 2.61. The predicted octanol–water partition coefficient (Wildman–Crippen LogP) is 2.48. The highest BCUT2D eigenvalue weighted by atomic mass is 32.2. The molecule has 0 aliphatic carbocycles. The number of carbonyl (C=O) groups is 1. The van der Waals surface area contributed by atoms with Crippen LogP contribution in [0, 0.1) is 6.92 Å². The van der Waals surface area contributed by atoms with Gasteiger partial charge in [-0.25, -0.2) is 16.8 Å². The first-order valence-electron chi connectivity index (χ1n) is 10.1. The van der Waals surface area contributed by atoms with Crippen LogP contribution < -0.4 is 10.0 Å². The number of amides is 1. The van der Waals surface area contributed by atoms with Crippen molar-refractivity contribution in [2.75, 3.05) is 18.4 Å². The Labute approximate surface area is 183 Å². The zero-order valence-electron chi connectivity index (χ0n) is 17.5. The lowest BCUT2D eigenvalue weighted by molar-refractivity contribution is -0.117. The minimum Gasteiger partial charge on any atom is -0.325 e. The van der Waals surface area contributed by atoms with Crippen LogP contribution in [0.25, 0.3) is 0 Å². The molecule has 10 heteroatoms. The summed E-state index contributed by atoms with van der Waals surface area (Å²) in [7, 11) is -7.53. The maximum absolute atomic E-state index is 13.0. The van der Waals surface area contributed by atoms with Gasteiger partial charge >= 0.3 is 0 Å². The van der Waals surface area contributed by atoms with Gasteiger partial charge in [-0.05, 0) is 56.5 Å². The van der Waals surface area contributed by atoms with Crippen molar-refractivity contribution < 1.29 is 21.6 Å². The lowest BCUT2D eigenvalue weighted by atomic mass is 10.2. The molecule has 2 aromatic rings. The summed E-state index contributed by atoms with van der Waals surface area (Å²) < 4.78 is 54.8. The number of benzene rings is 2. The molecule has 2 N–H and O–H groups in total. The molecule has 1 atom stereocenters. The number of nitrogens with one attached hydrogen (secondary N) is 2. The minimum absolute atomic E-state index is 0.0555. The molecule has 1 amide bonds. The van der Waals surface area contributed by atoms with E-state index in [0.29, 0.717) is 18.7 Å². The number of hydrogen-bond acceptors (Lipinski definition) is 5. The third-order valence-corrected chi connectivity index (χ3v) is 8.76. The number of hydrogen-bond donors (Lipinski definition) is 2. The molecule has 1 fully saturated rings. The quantitative estimate of drug-likeness (QED) is 0.652. The van der Waals surface area contributed by atoms with Gasteiger partial charge < -0.3 is 5.32 Å². The van der Waals surface area contributed by atoms with E-state index in [1.165, 1.54) is 29.4 Å². The van der Waals surface area contributed by atoms with Crippen LogP contribution in [0.5, 0.6) is 0 Å². The number of nitrogens with zero attached hydrogens (tertiary/aromatic N) is 1. The highest BCUT2D eigenvalue weighted by Crippen LogP contribution is 2.26. The molecule has 2 aromatic carbocycles. The zero-order valence-corrected chi connectivity index (χ0v) is 19.2. The molecular weight excluding hydrogens is 438 g/mol. The smallest absolute Gasteiger partial charge is 0.243 e. The van der Waals surface area contributed by atoms with Gasteiger partial charge in [0.1, 0.15) is 0 Å². The first kappa shape index (κ1) is 23.4. The highest BCUT2D eigenvalue weighted by molar-refractivity contribution is 7.89. The molecule has 0 spiro atoms. The molecule has 1 aliphatic heterocycles. The molecule has 0 saturated carbocycles. The highest BCUT2D eigenvalue weighted by Gasteiger charge is 2.28. The van der Waals surface area contributed by atoms with Crippen LogP contribution in [0.2, 0.25) is 0 Å². The van der Waals surface area contributed by atoms with Crippen molar-refractivity contribution in [2.24, 2.45) is 0 Å². The van der Waals surface area contributed by atoms with Gasteiger partial charge in [0.25, 0.3) is 0 Å². The average molecular weight is 466 g/mol. The Morgan fingerprint density at radius 3 is 2.26 bits per heavy atom. The standard InChI is InChI=1S/C21H27N3O5S2/c1-16-11-12-18(15-20(16)31(28,29)24-13-7-4-8-14-24)22-21(25)17(2)23-30(26,27)19-9-5-3-6-10-19/h3,5-6,9-12,15,17,23H,4,7-8,13-14H2,1-2H3,(H,22,25). The molecule has 0 bridgehead atoms. The van der Waals surface area contributed by atoms with Crippen LogP contribution in [0.4, 0.5) is 5.69 Å². The molecule has 1 saturated heterocycles. The van der Waals surface area contributed by atoms with Crippen molar-refractivity contribution in [3.8, 4) is 0 Å². The summed E-state index contributed by atoms with van der Waals surface area (Å²) in [6.07, 6.45) is 2.67. The molecule has 1 heterocycles. The van der Waals surface area contributed by atoms with E-state index < -0.39 is 32.0 Å². The summed E-state index contributed by atoms with van der Waals surface area (Å²) >= 11 is 0. The Balaban J connectivity index is 1.75. The lowest BCUT2D eigenvalue weighted by Crippen LogP contribution is -2.41. The number of piperidine rings is 1. The van der Waals surface area contributed by atoms with Crippen LogP contribution in [-0.2, 0) is 24.8 Å². The number of anilines is 1. The normalized spacial score (nSPS) is 16.6. The van der Waals surface area contributed by atoms with Crippen molar-refractivity contribution in [1.82, 2.24) is 9.03 Å².